The largest absolute Gasteiger partial charge is 0.475 e. The van der Waals surface area contributed by atoms with Crippen LogP contribution < -0.4 is 0 Å². The van der Waals surface area contributed by atoms with Crippen LogP contribution in [0.5, 0.6) is 0 Å². The van der Waals surface area contributed by atoms with Gasteiger partial charge in [-0.2, -0.15) is 11.3 Å². The molecule has 0 aromatic carbocycles. The third-order valence-corrected chi connectivity index (χ3v) is 3.47. The molecule has 0 saturated carbocycles. The first-order valence-electron chi connectivity index (χ1n) is 4.23. The number of carboxylic acid groups (broad SMARTS) is 1. The summed E-state index contributed by atoms with van der Waals surface area (Å²) in [5.74, 6) is -0.240. The normalized spacial score (nSPS) is 10.4. The zero-order chi connectivity index (χ0) is 10.7. The summed E-state index contributed by atoms with van der Waals surface area (Å²) in [5, 5.41) is 13.4. The van der Waals surface area contributed by atoms with Crippen LogP contribution in [0.1, 0.15) is 16.1 Å². The summed E-state index contributed by atoms with van der Waals surface area (Å²) in [6, 6.07) is 5.19. The molecule has 0 aliphatic heterocycles. The van der Waals surface area contributed by atoms with Gasteiger partial charge in [-0.3, -0.25) is 0 Å². The first-order valence-corrected chi connectivity index (χ1v) is 6.15. The van der Waals surface area contributed by atoms with Gasteiger partial charge in [0.2, 0.25) is 5.76 Å². The number of furan rings is 1. The van der Waals surface area contributed by atoms with Crippen LogP contribution in [0.25, 0.3) is 0 Å². The Morgan fingerprint density at radius 1 is 1.47 bits per heavy atom. The van der Waals surface area contributed by atoms with Crippen molar-refractivity contribution in [2.75, 3.05) is 0 Å². The van der Waals surface area contributed by atoms with E-state index in [1.165, 1.54) is 23.4 Å². The molecular formula is C10H8O3S2. The van der Waals surface area contributed by atoms with Gasteiger partial charge in [0.05, 0.1) is 0 Å². The third kappa shape index (κ3) is 2.64. The fraction of sp³-hybridized carbons (Fsp3) is 0.100. The number of hydrogen-bond donors (Lipinski definition) is 1. The lowest BCUT2D eigenvalue weighted by Gasteiger charge is -1.94. The number of hydrogen-bond acceptors (Lipinski definition) is 4. The molecule has 5 heteroatoms. The highest BCUT2D eigenvalue weighted by Crippen LogP contribution is 2.25. The molecule has 0 amide bonds. The van der Waals surface area contributed by atoms with Crippen LogP contribution in [0.2, 0.25) is 0 Å². The number of carbonyl (C=O) groups is 1. The second-order valence-corrected chi connectivity index (χ2v) is 4.60. The molecule has 0 bridgehead atoms. The Hall–Kier alpha value is -1.20. The van der Waals surface area contributed by atoms with E-state index >= 15 is 0 Å². The molecule has 0 spiro atoms. The van der Waals surface area contributed by atoms with Crippen molar-refractivity contribution in [2.24, 2.45) is 0 Å². The third-order valence-electron chi connectivity index (χ3n) is 1.75. The number of thiophene rings is 1. The first-order chi connectivity index (χ1) is 7.25. The molecule has 0 unspecified atom stereocenters. The van der Waals surface area contributed by atoms with Crippen LogP contribution >= 0.6 is 23.1 Å². The monoisotopic (exact) mass is 240 g/mol. The highest BCUT2D eigenvalue weighted by Gasteiger charge is 2.09. The van der Waals surface area contributed by atoms with Gasteiger partial charge in [-0.15, -0.1) is 0 Å². The smallest absolute Gasteiger partial charge is 0.371 e. The van der Waals surface area contributed by atoms with Gasteiger partial charge in [0.25, 0.3) is 0 Å². The van der Waals surface area contributed by atoms with Crippen LogP contribution in [-0.4, -0.2) is 11.1 Å². The van der Waals surface area contributed by atoms with Gasteiger partial charge in [0, 0.05) is 5.75 Å². The van der Waals surface area contributed by atoms with Crippen LogP contribution in [0.3, 0.4) is 0 Å². The number of thioether (sulfide) groups is 1. The van der Waals surface area contributed by atoms with Crippen LogP contribution in [-0.2, 0) is 5.75 Å². The number of rotatable bonds is 4. The average molecular weight is 240 g/mol. The molecule has 78 valence electrons. The zero-order valence-corrected chi connectivity index (χ0v) is 9.31. The first kappa shape index (κ1) is 10.3. The fourth-order valence-electron chi connectivity index (χ4n) is 1.04. The molecule has 2 aromatic rings. The van der Waals surface area contributed by atoms with E-state index in [2.05, 4.69) is 5.38 Å². The Morgan fingerprint density at radius 3 is 2.93 bits per heavy atom. The van der Waals surface area contributed by atoms with Gasteiger partial charge in [0.15, 0.2) is 5.09 Å². The van der Waals surface area contributed by atoms with Crippen LogP contribution in [0.15, 0.2) is 38.5 Å². The van der Waals surface area contributed by atoms with Crippen molar-refractivity contribution in [1.82, 2.24) is 0 Å². The summed E-state index contributed by atoms with van der Waals surface area (Å²) in [6.45, 7) is 0. The summed E-state index contributed by atoms with van der Waals surface area (Å²) < 4.78 is 5.11. The lowest BCUT2D eigenvalue weighted by Crippen LogP contribution is -1.91. The Balaban J connectivity index is 1.96. The van der Waals surface area contributed by atoms with Crippen molar-refractivity contribution in [1.29, 1.82) is 0 Å². The summed E-state index contributed by atoms with van der Waals surface area (Å²) in [5.41, 5.74) is 1.22. The van der Waals surface area contributed by atoms with E-state index in [1.807, 2.05) is 11.4 Å². The van der Waals surface area contributed by atoms with Crippen molar-refractivity contribution in [3.63, 3.8) is 0 Å². The topological polar surface area (TPSA) is 50.4 Å². The fourth-order valence-corrected chi connectivity index (χ4v) is 2.62. The Morgan fingerprint density at radius 2 is 2.33 bits per heavy atom. The summed E-state index contributed by atoms with van der Waals surface area (Å²) in [7, 11) is 0. The second kappa shape index (κ2) is 4.55. The van der Waals surface area contributed by atoms with E-state index in [9.17, 15) is 4.79 Å². The number of carboxylic acids is 1. The van der Waals surface area contributed by atoms with Crippen LogP contribution in [0.4, 0.5) is 0 Å². The molecule has 0 aliphatic rings. The van der Waals surface area contributed by atoms with Crippen LogP contribution in [0, 0.1) is 0 Å². The van der Waals surface area contributed by atoms with E-state index in [0.717, 1.165) is 5.75 Å². The molecule has 0 radical (unpaired) electrons. The molecule has 0 atom stereocenters. The van der Waals surface area contributed by atoms with E-state index in [4.69, 9.17) is 9.52 Å². The van der Waals surface area contributed by atoms with Gasteiger partial charge in [-0.05, 0) is 34.5 Å². The van der Waals surface area contributed by atoms with Crippen molar-refractivity contribution in [3.05, 3.63) is 40.3 Å². The van der Waals surface area contributed by atoms with E-state index < -0.39 is 5.97 Å². The maximum Gasteiger partial charge on any atom is 0.371 e. The summed E-state index contributed by atoms with van der Waals surface area (Å²) in [6.07, 6.45) is 0. The van der Waals surface area contributed by atoms with Crippen molar-refractivity contribution < 1.29 is 14.3 Å². The maximum atomic E-state index is 10.5. The number of aromatic carboxylic acids is 1. The lowest BCUT2D eigenvalue weighted by atomic mass is 10.4. The molecule has 0 fully saturated rings. The maximum absolute atomic E-state index is 10.5. The van der Waals surface area contributed by atoms with Gasteiger partial charge >= 0.3 is 5.97 Å². The molecular weight excluding hydrogens is 232 g/mol. The minimum atomic E-state index is -1.03. The summed E-state index contributed by atoms with van der Waals surface area (Å²) in [4.78, 5) is 10.5. The molecule has 2 heterocycles. The highest BCUT2D eigenvalue weighted by atomic mass is 32.2. The Bertz CT molecular complexity index is 445. The van der Waals surface area contributed by atoms with Gasteiger partial charge in [0.1, 0.15) is 0 Å². The SMILES string of the molecule is O=C(O)c1ccc(SCc2ccsc2)o1. The molecule has 1 N–H and O–H groups in total. The van der Waals surface area contributed by atoms with Gasteiger partial charge in [-0.1, -0.05) is 11.8 Å². The Kier molecular flexibility index (Phi) is 3.13. The van der Waals surface area contributed by atoms with E-state index in [1.54, 1.807) is 17.4 Å². The Labute approximate surface area is 94.7 Å². The van der Waals surface area contributed by atoms with Gasteiger partial charge in [-0.25, -0.2) is 4.79 Å². The summed E-state index contributed by atoms with van der Waals surface area (Å²) >= 11 is 3.14. The zero-order valence-electron chi connectivity index (χ0n) is 7.67. The average Bonchev–Trinajstić information content (AvgIpc) is 2.86. The molecule has 0 saturated heterocycles. The van der Waals surface area contributed by atoms with E-state index in [0.29, 0.717) is 5.09 Å². The van der Waals surface area contributed by atoms with Crippen molar-refractivity contribution in [3.8, 4) is 0 Å². The minimum absolute atomic E-state index is 0.0113. The predicted molar refractivity (Wildman–Crippen MR) is 59.5 cm³/mol. The second-order valence-electron chi connectivity index (χ2n) is 2.84. The highest BCUT2D eigenvalue weighted by molar-refractivity contribution is 7.98. The quantitative estimate of drug-likeness (QED) is 0.833. The molecule has 2 aromatic heterocycles. The standard InChI is InChI=1S/C10H8O3S2/c11-10(12)8-1-2-9(13-8)15-6-7-3-4-14-5-7/h1-5H,6H2,(H,11,12). The minimum Gasteiger partial charge on any atom is -0.475 e. The molecule has 3 nitrogen and oxygen atoms in total. The molecule has 15 heavy (non-hydrogen) atoms. The van der Waals surface area contributed by atoms with Crippen molar-refractivity contribution >= 4 is 29.1 Å². The molecule has 2 rings (SSSR count). The van der Waals surface area contributed by atoms with Crippen molar-refractivity contribution in [2.45, 2.75) is 10.8 Å². The van der Waals surface area contributed by atoms with Gasteiger partial charge < -0.3 is 9.52 Å². The van der Waals surface area contributed by atoms with E-state index in [-0.39, 0.29) is 5.76 Å². The lowest BCUT2D eigenvalue weighted by molar-refractivity contribution is 0.0656. The molecule has 0 aliphatic carbocycles. The predicted octanol–water partition coefficient (Wildman–Crippen LogP) is 3.33.